The van der Waals surface area contributed by atoms with Gasteiger partial charge in [-0.1, -0.05) is 52.0 Å². The van der Waals surface area contributed by atoms with Crippen molar-refractivity contribution < 1.29 is 14.7 Å². The maximum absolute atomic E-state index is 11.9. The van der Waals surface area contributed by atoms with Crippen LogP contribution < -0.4 is 5.32 Å². The van der Waals surface area contributed by atoms with Crippen LogP contribution in [0.4, 0.5) is 0 Å². The topological polar surface area (TPSA) is 66.4 Å². The molecule has 0 heterocycles. The van der Waals surface area contributed by atoms with Crippen LogP contribution in [0.15, 0.2) is 24.3 Å². The molecule has 1 aromatic rings. The Morgan fingerprint density at radius 2 is 1.67 bits per heavy atom. The number of amides is 1. The Hall–Kier alpha value is -1.84. The number of nitrogens with one attached hydrogen (secondary N) is 1. The van der Waals surface area contributed by atoms with E-state index in [1.54, 1.807) is 20.8 Å². The van der Waals surface area contributed by atoms with E-state index in [1.165, 1.54) is 5.56 Å². The van der Waals surface area contributed by atoms with E-state index in [0.29, 0.717) is 12.8 Å². The van der Waals surface area contributed by atoms with E-state index in [0.717, 1.165) is 12.0 Å². The van der Waals surface area contributed by atoms with Crippen molar-refractivity contribution >= 4 is 11.9 Å². The number of carboxylic acids is 1. The maximum Gasteiger partial charge on any atom is 0.326 e. The van der Waals surface area contributed by atoms with Gasteiger partial charge < -0.3 is 10.4 Å². The van der Waals surface area contributed by atoms with Crippen LogP contribution in [-0.4, -0.2) is 23.0 Å². The third-order valence-corrected chi connectivity index (χ3v) is 3.49. The van der Waals surface area contributed by atoms with Gasteiger partial charge in [-0.25, -0.2) is 4.79 Å². The fraction of sp³-hybridized carbons (Fsp3) is 0.529. The zero-order valence-corrected chi connectivity index (χ0v) is 13.3. The van der Waals surface area contributed by atoms with Crippen LogP contribution in [0.25, 0.3) is 0 Å². The number of hydrogen-bond acceptors (Lipinski definition) is 2. The van der Waals surface area contributed by atoms with Gasteiger partial charge in [-0.3, -0.25) is 4.79 Å². The summed E-state index contributed by atoms with van der Waals surface area (Å²) in [5, 5.41) is 11.8. The third-order valence-electron chi connectivity index (χ3n) is 3.49. The Balaban J connectivity index is 2.54. The highest BCUT2D eigenvalue weighted by molar-refractivity contribution is 5.84. The Labute approximate surface area is 126 Å². The number of aryl methyl sites for hydroxylation is 2. The van der Waals surface area contributed by atoms with Gasteiger partial charge in [-0.15, -0.1) is 0 Å². The minimum atomic E-state index is -0.997. The number of benzene rings is 1. The zero-order chi connectivity index (χ0) is 16.0. The second-order valence-corrected chi connectivity index (χ2v) is 6.37. The Kier molecular flexibility index (Phi) is 5.94. The number of carbonyl (C=O) groups is 2. The predicted molar refractivity (Wildman–Crippen MR) is 83.2 cm³/mol. The van der Waals surface area contributed by atoms with Crippen LogP contribution >= 0.6 is 0 Å². The van der Waals surface area contributed by atoms with E-state index >= 15 is 0 Å². The molecule has 0 aliphatic rings. The van der Waals surface area contributed by atoms with Crippen molar-refractivity contribution in [3.05, 3.63) is 35.4 Å². The molecule has 1 rings (SSSR count). The normalized spacial score (nSPS) is 12.8. The monoisotopic (exact) mass is 291 g/mol. The molecule has 116 valence electrons. The van der Waals surface area contributed by atoms with Gasteiger partial charge in [0.15, 0.2) is 0 Å². The lowest BCUT2D eigenvalue weighted by molar-refractivity contribution is -0.144. The lowest BCUT2D eigenvalue weighted by atomic mass is 9.86. The van der Waals surface area contributed by atoms with Crippen LogP contribution in [0.5, 0.6) is 0 Å². The van der Waals surface area contributed by atoms with Crippen LogP contribution in [0.1, 0.15) is 45.2 Å². The van der Waals surface area contributed by atoms with E-state index in [9.17, 15) is 14.7 Å². The molecule has 1 aromatic carbocycles. The molecule has 0 aliphatic heterocycles. The molecular formula is C17H25NO3. The molecule has 0 aliphatic carbocycles. The van der Waals surface area contributed by atoms with Gasteiger partial charge in [-0.05, 0) is 29.4 Å². The molecule has 0 saturated carbocycles. The van der Waals surface area contributed by atoms with Crippen molar-refractivity contribution in [3.8, 4) is 0 Å². The van der Waals surface area contributed by atoms with Crippen molar-refractivity contribution in [2.75, 3.05) is 0 Å². The molecule has 1 amide bonds. The van der Waals surface area contributed by atoms with Crippen molar-refractivity contribution in [2.24, 2.45) is 5.41 Å². The second-order valence-electron chi connectivity index (χ2n) is 6.37. The number of carboxylic acid groups (broad SMARTS) is 1. The Morgan fingerprint density at radius 1 is 1.14 bits per heavy atom. The quantitative estimate of drug-likeness (QED) is 0.847. The van der Waals surface area contributed by atoms with Crippen LogP contribution in [0.3, 0.4) is 0 Å². The highest BCUT2D eigenvalue weighted by Crippen LogP contribution is 2.19. The molecule has 0 radical (unpaired) electrons. The minimum Gasteiger partial charge on any atom is -0.480 e. The first-order valence-electron chi connectivity index (χ1n) is 7.34. The van der Waals surface area contributed by atoms with E-state index in [1.807, 2.05) is 12.1 Å². The van der Waals surface area contributed by atoms with Gasteiger partial charge in [0, 0.05) is 6.42 Å². The van der Waals surface area contributed by atoms with Crippen molar-refractivity contribution in [3.63, 3.8) is 0 Å². The molecule has 0 saturated heterocycles. The SMILES string of the molecule is CCc1ccc(CCC(=O)N[C@@H](C(=O)O)C(C)(C)C)cc1. The Morgan fingerprint density at radius 3 is 2.10 bits per heavy atom. The third kappa shape index (κ3) is 5.58. The summed E-state index contributed by atoms with van der Waals surface area (Å²) in [4.78, 5) is 23.1. The average molecular weight is 291 g/mol. The van der Waals surface area contributed by atoms with Gasteiger partial charge in [0.2, 0.25) is 5.91 Å². The van der Waals surface area contributed by atoms with Crippen molar-refractivity contribution in [1.82, 2.24) is 5.32 Å². The first kappa shape index (κ1) is 17.2. The summed E-state index contributed by atoms with van der Waals surface area (Å²) in [7, 11) is 0. The highest BCUT2D eigenvalue weighted by Gasteiger charge is 2.32. The molecule has 2 N–H and O–H groups in total. The number of aliphatic carboxylic acids is 1. The molecule has 0 aromatic heterocycles. The molecule has 0 fully saturated rings. The smallest absolute Gasteiger partial charge is 0.326 e. The van der Waals surface area contributed by atoms with Gasteiger partial charge in [0.05, 0.1) is 0 Å². The molecule has 21 heavy (non-hydrogen) atoms. The average Bonchev–Trinajstić information content (AvgIpc) is 2.41. The first-order valence-corrected chi connectivity index (χ1v) is 7.34. The fourth-order valence-corrected chi connectivity index (χ4v) is 2.08. The minimum absolute atomic E-state index is 0.225. The molecule has 1 atom stereocenters. The van der Waals surface area contributed by atoms with Gasteiger partial charge in [0.25, 0.3) is 0 Å². The second kappa shape index (κ2) is 7.25. The van der Waals surface area contributed by atoms with Crippen LogP contribution in [-0.2, 0) is 22.4 Å². The standard InChI is InChI=1S/C17H25NO3/c1-5-12-6-8-13(9-7-12)10-11-14(19)18-15(16(20)21)17(2,3)4/h6-9,15H,5,10-11H2,1-4H3,(H,18,19)(H,20,21)/t15-/m0/s1. The van der Waals surface area contributed by atoms with Gasteiger partial charge in [-0.2, -0.15) is 0 Å². The summed E-state index contributed by atoms with van der Waals surface area (Å²) >= 11 is 0. The summed E-state index contributed by atoms with van der Waals surface area (Å²) in [6, 6.07) is 7.28. The molecule has 4 heteroatoms. The highest BCUT2D eigenvalue weighted by atomic mass is 16.4. The van der Waals surface area contributed by atoms with E-state index in [4.69, 9.17) is 0 Å². The summed E-state index contributed by atoms with van der Waals surface area (Å²) in [5.41, 5.74) is 1.84. The fourth-order valence-electron chi connectivity index (χ4n) is 2.08. The summed E-state index contributed by atoms with van der Waals surface area (Å²) < 4.78 is 0. The van der Waals surface area contributed by atoms with Crippen LogP contribution in [0, 0.1) is 5.41 Å². The Bertz CT molecular complexity index is 486. The van der Waals surface area contributed by atoms with Crippen LogP contribution in [0.2, 0.25) is 0 Å². The molecule has 4 nitrogen and oxygen atoms in total. The largest absolute Gasteiger partial charge is 0.480 e. The summed E-state index contributed by atoms with van der Waals surface area (Å²) in [6.07, 6.45) is 1.91. The lowest BCUT2D eigenvalue weighted by Crippen LogP contribution is -2.49. The lowest BCUT2D eigenvalue weighted by Gasteiger charge is -2.27. The molecular weight excluding hydrogens is 266 g/mol. The van der Waals surface area contributed by atoms with E-state index in [2.05, 4.69) is 24.4 Å². The zero-order valence-electron chi connectivity index (χ0n) is 13.3. The molecule has 0 bridgehead atoms. The maximum atomic E-state index is 11.9. The van der Waals surface area contributed by atoms with Gasteiger partial charge in [0.1, 0.15) is 6.04 Å². The first-order chi connectivity index (χ1) is 9.74. The van der Waals surface area contributed by atoms with Crippen molar-refractivity contribution in [2.45, 2.75) is 53.0 Å². The summed E-state index contributed by atoms with van der Waals surface area (Å²) in [5.74, 6) is -1.22. The van der Waals surface area contributed by atoms with Crippen molar-refractivity contribution in [1.29, 1.82) is 0 Å². The molecule has 0 spiro atoms. The molecule has 0 unspecified atom stereocenters. The number of rotatable bonds is 6. The van der Waals surface area contributed by atoms with Gasteiger partial charge >= 0.3 is 5.97 Å². The number of carbonyl (C=O) groups excluding carboxylic acids is 1. The van der Waals surface area contributed by atoms with E-state index < -0.39 is 17.4 Å². The summed E-state index contributed by atoms with van der Waals surface area (Å²) in [6.45, 7) is 7.50. The predicted octanol–water partition coefficient (Wildman–Crippen LogP) is 2.80. The number of hydrogen-bond donors (Lipinski definition) is 2. The van der Waals surface area contributed by atoms with E-state index in [-0.39, 0.29) is 5.91 Å².